The lowest BCUT2D eigenvalue weighted by Gasteiger charge is -2.25. The number of likely N-dealkylation sites (N-methyl/N-ethyl adjacent to an activating group) is 1. The number of methoxy groups -OCH3 is 2. The normalized spacial score (nSPS) is 10.8. The molecule has 0 spiro atoms. The first kappa shape index (κ1) is 24.8. The highest BCUT2D eigenvalue weighted by molar-refractivity contribution is 7.22. The number of rotatable bonds is 9. The van der Waals surface area contributed by atoms with Crippen LogP contribution in [0.1, 0.15) is 24.2 Å². The summed E-state index contributed by atoms with van der Waals surface area (Å²) in [6.45, 7) is 7.13. The molecule has 0 unspecified atom stereocenters. The van der Waals surface area contributed by atoms with Gasteiger partial charge in [0.2, 0.25) is 0 Å². The van der Waals surface area contributed by atoms with Crippen LogP contribution in [0, 0.1) is 5.82 Å². The number of nitrogens with zero attached hydrogens (tertiary/aromatic N) is 3. The lowest BCUT2D eigenvalue weighted by Crippen LogP contribution is -2.38. The molecule has 1 aromatic heterocycles. The van der Waals surface area contributed by atoms with Gasteiger partial charge in [0.25, 0.3) is 5.91 Å². The van der Waals surface area contributed by atoms with Crippen molar-refractivity contribution in [3.8, 4) is 11.5 Å². The van der Waals surface area contributed by atoms with Crippen molar-refractivity contribution in [3.63, 3.8) is 0 Å². The van der Waals surface area contributed by atoms with Gasteiger partial charge in [-0.25, -0.2) is 9.37 Å². The average molecular weight is 468 g/mol. The fraction of sp³-hybridized carbons (Fsp3) is 0.364. The Morgan fingerprint density at radius 2 is 1.74 bits per heavy atom. The van der Waals surface area contributed by atoms with E-state index in [1.165, 1.54) is 30.6 Å². The second-order valence-corrected chi connectivity index (χ2v) is 7.67. The molecule has 1 amide bonds. The number of thiazole rings is 1. The van der Waals surface area contributed by atoms with Crippen molar-refractivity contribution in [1.29, 1.82) is 0 Å². The van der Waals surface area contributed by atoms with Gasteiger partial charge in [-0.15, -0.1) is 12.4 Å². The smallest absolute Gasteiger partial charge is 0.260 e. The molecule has 0 radical (unpaired) electrons. The van der Waals surface area contributed by atoms with E-state index in [1.807, 2.05) is 0 Å². The van der Waals surface area contributed by atoms with Gasteiger partial charge < -0.3 is 14.4 Å². The van der Waals surface area contributed by atoms with Crippen molar-refractivity contribution < 1.29 is 18.7 Å². The Morgan fingerprint density at radius 1 is 1.03 bits per heavy atom. The molecule has 0 aliphatic rings. The lowest BCUT2D eigenvalue weighted by molar-refractivity contribution is 0.0983. The third kappa shape index (κ3) is 5.64. The van der Waals surface area contributed by atoms with E-state index < -0.39 is 0 Å². The zero-order valence-electron chi connectivity index (χ0n) is 18.1. The van der Waals surface area contributed by atoms with Gasteiger partial charge in [0.15, 0.2) is 16.6 Å². The van der Waals surface area contributed by atoms with Crippen LogP contribution in [0.4, 0.5) is 9.52 Å². The predicted octanol–water partition coefficient (Wildman–Crippen LogP) is 4.86. The number of carbonyl (C=O) groups is 1. The van der Waals surface area contributed by atoms with E-state index in [2.05, 4.69) is 23.7 Å². The molecule has 31 heavy (non-hydrogen) atoms. The van der Waals surface area contributed by atoms with Gasteiger partial charge in [0.05, 0.1) is 24.4 Å². The van der Waals surface area contributed by atoms with Crippen LogP contribution in [0.5, 0.6) is 11.5 Å². The Morgan fingerprint density at radius 3 is 2.39 bits per heavy atom. The number of carbonyl (C=O) groups excluding carboxylic acids is 1. The summed E-state index contributed by atoms with van der Waals surface area (Å²) in [5.74, 6) is 0.527. The first-order valence-corrected chi connectivity index (χ1v) is 10.6. The van der Waals surface area contributed by atoms with Crippen LogP contribution in [-0.4, -0.2) is 56.2 Å². The standard InChI is InChI=1S/C22H26FN3O3S.ClH/c1-5-25(6-2)11-12-26(22-24-17-9-8-16(23)14-20(17)30-22)21(27)15-7-10-18(28-3)19(13-15)29-4;/h7-10,13-14H,5-6,11-12H2,1-4H3;1H. The highest BCUT2D eigenvalue weighted by Crippen LogP contribution is 2.32. The molecule has 0 aliphatic heterocycles. The van der Waals surface area contributed by atoms with Gasteiger partial charge in [-0.2, -0.15) is 0 Å². The Balaban J connectivity index is 0.00000341. The van der Waals surface area contributed by atoms with Crippen molar-refractivity contribution in [2.75, 3.05) is 45.3 Å². The Hall–Kier alpha value is -2.42. The van der Waals surface area contributed by atoms with Crippen molar-refractivity contribution in [2.24, 2.45) is 0 Å². The molecule has 2 aromatic carbocycles. The summed E-state index contributed by atoms with van der Waals surface area (Å²) in [6, 6.07) is 9.54. The van der Waals surface area contributed by atoms with Crippen molar-refractivity contribution >= 4 is 45.0 Å². The van der Waals surface area contributed by atoms with E-state index in [0.29, 0.717) is 45.5 Å². The largest absolute Gasteiger partial charge is 0.493 e. The fourth-order valence-electron chi connectivity index (χ4n) is 3.19. The van der Waals surface area contributed by atoms with Crippen molar-refractivity contribution in [1.82, 2.24) is 9.88 Å². The van der Waals surface area contributed by atoms with Crippen LogP contribution in [0.25, 0.3) is 10.2 Å². The minimum atomic E-state index is -0.321. The summed E-state index contributed by atoms with van der Waals surface area (Å²) in [4.78, 5) is 21.9. The monoisotopic (exact) mass is 467 g/mol. The van der Waals surface area contributed by atoms with Gasteiger partial charge in [-0.3, -0.25) is 9.69 Å². The van der Waals surface area contributed by atoms with Gasteiger partial charge in [0, 0.05) is 18.7 Å². The van der Waals surface area contributed by atoms with E-state index in [0.717, 1.165) is 13.1 Å². The van der Waals surface area contributed by atoms with Gasteiger partial charge in [0.1, 0.15) is 5.82 Å². The van der Waals surface area contributed by atoms with E-state index in [-0.39, 0.29) is 24.1 Å². The van der Waals surface area contributed by atoms with E-state index in [1.54, 1.807) is 36.3 Å². The molecule has 6 nitrogen and oxygen atoms in total. The van der Waals surface area contributed by atoms with Crippen LogP contribution >= 0.6 is 23.7 Å². The maximum Gasteiger partial charge on any atom is 0.260 e. The van der Waals surface area contributed by atoms with Crippen LogP contribution in [0.3, 0.4) is 0 Å². The molecule has 0 fully saturated rings. The molecule has 3 aromatic rings. The number of amides is 1. The minimum absolute atomic E-state index is 0. The highest BCUT2D eigenvalue weighted by Gasteiger charge is 2.23. The first-order valence-electron chi connectivity index (χ1n) is 9.83. The third-order valence-electron chi connectivity index (χ3n) is 4.98. The molecule has 0 saturated carbocycles. The molecule has 168 valence electrons. The molecule has 3 rings (SSSR count). The van der Waals surface area contributed by atoms with Gasteiger partial charge in [-0.05, 0) is 49.5 Å². The number of benzene rings is 2. The molecule has 0 aliphatic carbocycles. The number of hydrogen-bond acceptors (Lipinski definition) is 6. The summed E-state index contributed by atoms with van der Waals surface area (Å²) in [5, 5.41) is 0.544. The van der Waals surface area contributed by atoms with Crippen LogP contribution in [0.15, 0.2) is 36.4 Å². The summed E-state index contributed by atoms with van der Waals surface area (Å²) in [5.41, 5.74) is 1.14. The lowest BCUT2D eigenvalue weighted by atomic mass is 10.1. The SMILES string of the molecule is CCN(CC)CCN(C(=O)c1ccc(OC)c(OC)c1)c1nc2ccc(F)cc2s1.Cl. The Labute approximate surface area is 192 Å². The van der Waals surface area contributed by atoms with E-state index in [4.69, 9.17) is 9.47 Å². The van der Waals surface area contributed by atoms with Crippen molar-refractivity contribution in [3.05, 3.63) is 47.8 Å². The van der Waals surface area contributed by atoms with Gasteiger partial charge >= 0.3 is 0 Å². The number of ether oxygens (including phenoxy) is 2. The molecular formula is C22H27ClFN3O3S. The Bertz CT molecular complexity index is 1030. The summed E-state index contributed by atoms with van der Waals surface area (Å²) >= 11 is 1.31. The zero-order chi connectivity index (χ0) is 21.7. The van der Waals surface area contributed by atoms with E-state index in [9.17, 15) is 9.18 Å². The zero-order valence-corrected chi connectivity index (χ0v) is 19.7. The number of halogens is 2. The molecule has 0 bridgehead atoms. The summed E-state index contributed by atoms with van der Waals surface area (Å²) < 4.78 is 25.0. The number of hydrogen-bond donors (Lipinski definition) is 0. The third-order valence-corrected chi connectivity index (χ3v) is 6.02. The molecule has 0 atom stereocenters. The molecule has 0 saturated heterocycles. The Kier molecular flexibility index (Phi) is 9.03. The molecular weight excluding hydrogens is 441 g/mol. The van der Waals surface area contributed by atoms with E-state index >= 15 is 0 Å². The maximum atomic E-state index is 13.6. The van der Waals surface area contributed by atoms with Gasteiger partial charge in [-0.1, -0.05) is 25.2 Å². The highest BCUT2D eigenvalue weighted by atomic mass is 35.5. The number of fused-ring (bicyclic) bond motifs is 1. The second-order valence-electron chi connectivity index (χ2n) is 6.66. The van der Waals surface area contributed by atoms with Crippen molar-refractivity contribution in [2.45, 2.75) is 13.8 Å². The summed E-state index contributed by atoms with van der Waals surface area (Å²) in [7, 11) is 3.09. The number of anilines is 1. The average Bonchev–Trinajstić information content (AvgIpc) is 3.18. The molecule has 1 heterocycles. The topological polar surface area (TPSA) is 54.9 Å². The van der Waals surface area contributed by atoms with Crippen LogP contribution < -0.4 is 14.4 Å². The van der Waals surface area contributed by atoms with Crippen LogP contribution in [-0.2, 0) is 0 Å². The quantitative estimate of drug-likeness (QED) is 0.449. The molecule has 0 N–H and O–H groups in total. The number of aromatic nitrogens is 1. The fourth-order valence-corrected chi connectivity index (χ4v) is 4.21. The van der Waals surface area contributed by atoms with Crippen LogP contribution in [0.2, 0.25) is 0 Å². The molecule has 9 heteroatoms. The maximum absolute atomic E-state index is 13.6. The predicted molar refractivity (Wildman–Crippen MR) is 126 cm³/mol. The first-order chi connectivity index (χ1) is 14.5. The summed E-state index contributed by atoms with van der Waals surface area (Å²) in [6.07, 6.45) is 0. The second kappa shape index (κ2) is 11.3. The minimum Gasteiger partial charge on any atom is -0.493 e.